The molecule has 3 rings (SSSR count). The number of nitrogens with zero attached hydrogens (tertiary/aromatic N) is 3. The first-order valence-corrected chi connectivity index (χ1v) is 8.27. The molecule has 0 unspecified atom stereocenters. The van der Waals surface area contributed by atoms with Crippen LogP contribution in [0.5, 0.6) is 0 Å². The first-order chi connectivity index (χ1) is 11.1. The van der Waals surface area contributed by atoms with Crippen molar-refractivity contribution < 1.29 is 9.59 Å². The van der Waals surface area contributed by atoms with Gasteiger partial charge in [0.15, 0.2) is 0 Å². The molecule has 2 aliphatic heterocycles. The van der Waals surface area contributed by atoms with E-state index in [0.29, 0.717) is 18.8 Å². The molecule has 6 nitrogen and oxygen atoms in total. The van der Waals surface area contributed by atoms with Crippen LogP contribution in [0.2, 0.25) is 0 Å². The second-order valence-electron chi connectivity index (χ2n) is 6.29. The van der Waals surface area contributed by atoms with Crippen LogP contribution in [0.3, 0.4) is 0 Å². The molecule has 0 aromatic heterocycles. The molecular weight excluding hydrogens is 292 g/mol. The molecule has 23 heavy (non-hydrogen) atoms. The molecule has 2 saturated heterocycles. The van der Waals surface area contributed by atoms with Gasteiger partial charge in [0, 0.05) is 50.6 Å². The Morgan fingerprint density at radius 2 is 1.52 bits per heavy atom. The fourth-order valence-electron chi connectivity index (χ4n) is 3.07. The Bertz CT molecular complexity index is 558. The van der Waals surface area contributed by atoms with Crippen LogP contribution in [0, 0.1) is 0 Å². The van der Waals surface area contributed by atoms with Gasteiger partial charge in [0.05, 0.1) is 0 Å². The topological polar surface area (TPSA) is 55.9 Å². The Labute approximate surface area is 137 Å². The van der Waals surface area contributed by atoms with E-state index in [0.717, 1.165) is 44.7 Å². The van der Waals surface area contributed by atoms with Crippen LogP contribution in [-0.2, 0) is 9.59 Å². The van der Waals surface area contributed by atoms with Crippen molar-refractivity contribution in [2.45, 2.75) is 12.8 Å². The van der Waals surface area contributed by atoms with E-state index in [9.17, 15) is 9.59 Å². The zero-order valence-corrected chi connectivity index (χ0v) is 13.6. The largest absolute Gasteiger partial charge is 0.369 e. The van der Waals surface area contributed by atoms with Crippen molar-refractivity contribution in [3.63, 3.8) is 0 Å². The van der Waals surface area contributed by atoms with E-state index in [4.69, 9.17) is 0 Å². The van der Waals surface area contributed by atoms with Crippen LogP contribution < -0.4 is 10.2 Å². The van der Waals surface area contributed by atoms with Crippen LogP contribution in [0.1, 0.15) is 12.8 Å². The van der Waals surface area contributed by atoms with Crippen LogP contribution in [0.4, 0.5) is 11.4 Å². The molecule has 1 aromatic carbocycles. The van der Waals surface area contributed by atoms with Gasteiger partial charge in [-0.2, -0.15) is 0 Å². The first-order valence-electron chi connectivity index (χ1n) is 8.27. The maximum atomic E-state index is 12.0. The molecule has 1 N–H and O–H groups in total. The summed E-state index contributed by atoms with van der Waals surface area (Å²) in [5.41, 5.74) is 1.82. The molecule has 2 heterocycles. The molecule has 2 aliphatic rings. The van der Waals surface area contributed by atoms with Gasteiger partial charge in [0.25, 0.3) is 0 Å². The quantitative estimate of drug-likeness (QED) is 0.827. The number of carbonyl (C=O) groups excluding carboxylic acids is 2. The Kier molecular flexibility index (Phi) is 4.81. The van der Waals surface area contributed by atoms with E-state index in [1.165, 1.54) is 0 Å². The monoisotopic (exact) mass is 316 g/mol. The van der Waals surface area contributed by atoms with E-state index >= 15 is 0 Å². The molecule has 0 atom stereocenters. The number of amides is 2. The summed E-state index contributed by atoms with van der Waals surface area (Å²) in [6, 6.07) is 7.73. The minimum atomic E-state index is -0.542. The summed E-state index contributed by atoms with van der Waals surface area (Å²) in [4.78, 5) is 30.3. The highest BCUT2D eigenvalue weighted by Crippen LogP contribution is 2.19. The molecule has 0 saturated carbocycles. The lowest BCUT2D eigenvalue weighted by molar-refractivity contribution is -0.142. The summed E-state index contributed by atoms with van der Waals surface area (Å²) in [6.45, 7) is 5.51. The van der Waals surface area contributed by atoms with E-state index in [-0.39, 0.29) is 0 Å². The van der Waals surface area contributed by atoms with Gasteiger partial charge in [-0.25, -0.2) is 0 Å². The van der Waals surface area contributed by atoms with Crippen molar-refractivity contribution in [2.75, 3.05) is 56.5 Å². The lowest BCUT2D eigenvalue weighted by atomic mass is 10.2. The molecule has 0 bridgehead atoms. The number of piperazine rings is 1. The third-order valence-electron chi connectivity index (χ3n) is 4.58. The van der Waals surface area contributed by atoms with E-state index < -0.39 is 11.8 Å². The van der Waals surface area contributed by atoms with E-state index in [1.807, 2.05) is 24.3 Å². The summed E-state index contributed by atoms with van der Waals surface area (Å²) < 4.78 is 0. The zero-order valence-electron chi connectivity index (χ0n) is 13.6. The van der Waals surface area contributed by atoms with Crippen molar-refractivity contribution in [3.8, 4) is 0 Å². The number of nitrogens with one attached hydrogen (secondary N) is 1. The van der Waals surface area contributed by atoms with Crippen molar-refractivity contribution >= 4 is 23.2 Å². The van der Waals surface area contributed by atoms with E-state index in [2.05, 4.69) is 22.2 Å². The number of rotatable bonds is 2. The number of carbonyl (C=O) groups is 2. The Balaban J connectivity index is 1.56. The third kappa shape index (κ3) is 3.82. The highest BCUT2D eigenvalue weighted by Gasteiger charge is 2.24. The molecule has 0 radical (unpaired) electrons. The molecule has 124 valence electrons. The predicted octanol–water partition coefficient (Wildman–Crippen LogP) is 0.999. The first kappa shape index (κ1) is 15.8. The highest BCUT2D eigenvalue weighted by molar-refractivity contribution is 6.39. The van der Waals surface area contributed by atoms with Gasteiger partial charge in [-0.3, -0.25) is 9.59 Å². The maximum absolute atomic E-state index is 12.0. The van der Waals surface area contributed by atoms with Crippen LogP contribution in [0.25, 0.3) is 0 Å². The smallest absolute Gasteiger partial charge is 0.313 e. The average molecular weight is 316 g/mol. The van der Waals surface area contributed by atoms with Crippen LogP contribution >= 0.6 is 0 Å². The summed E-state index contributed by atoms with van der Waals surface area (Å²) >= 11 is 0. The fourth-order valence-corrected chi connectivity index (χ4v) is 3.07. The Hall–Kier alpha value is -2.08. The van der Waals surface area contributed by atoms with Crippen LogP contribution in [-0.4, -0.2) is 67.9 Å². The number of anilines is 2. The van der Waals surface area contributed by atoms with Gasteiger partial charge < -0.3 is 20.0 Å². The van der Waals surface area contributed by atoms with Gasteiger partial charge >= 0.3 is 11.8 Å². The fraction of sp³-hybridized carbons (Fsp3) is 0.529. The predicted molar refractivity (Wildman–Crippen MR) is 90.6 cm³/mol. The molecular formula is C17H24N4O2. The second-order valence-corrected chi connectivity index (χ2v) is 6.29. The second kappa shape index (κ2) is 7.00. The van der Waals surface area contributed by atoms with Gasteiger partial charge in [-0.15, -0.1) is 0 Å². The van der Waals surface area contributed by atoms with Crippen molar-refractivity contribution in [1.82, 2.24) is 9.80 Å². The molecule has 1 aromatic rings. The van der Waals surface area contributed by atoms with Gasteiger partial charge in [-0.1, -0.05) is 0 Å². The standard InChI is InChI=1S/C17H24N4O2/c1-19-10-12-20(13-11-19)15-6-4-14(5-7-15)18-16(22)17(23)21-8-2-3-9-21/h4-7H,2-3,8-13H2,1H3,(H,18,22). The van der Waals surface area contributed by atoms with Crippen molar-refractivity contribution in [2.24, 2.45) is 0 Å². The Morgan fingerprint density at radius 1 is 0.913 bits per heavy atom. The molecule has 2 amide bonds. The summed E-state index contributed by atoms with van der Waals surface area (Å²) in [6.07, 6.45) is 1.97. The van der Waals surface area contributed by atoms with Crippen molar-refractivity contribution in [3.05, 3.63) is 24.3 Å². The third-order valence-corrected chi connectivity index (χ3v) is 4.58. The molecule has 0 spiro atoms. The average Bonchev–Trinajstić information content (AvgIpc) is 3.10. The number of likely N-dealkylation sites (N-methyl/N-ethyl adjacent to an activating group) is 1. The van der Waals surface area contributed by atoms with Gasteiger partial charge in [0.2, 0.25) is 0 Å². The van der Waals surface area contributed by atoms with Gasteiger partial charge in [0.1, 0.15) is 0 Å². The SMILES string of the molecule is CN1CCN(c2ccc(NC(=O)C(=O)N3CCCC3)cc2)CC1. The summed E-state index contributed by atoms with van der Waals surface area (Å²) in [7, 11) is 2.13. The zero-order chi connectivity index (χ0) is 16.2. The maximum Gasteiger partial charge on any atom is 0.313 e. The van der Waals surface area contributed by atoms with Crippen LogP contribution in [0.15, 0.2) is 24.3 Å². The summed E-state index contributed by atoms with van der Waals surface area (Å²) in [5.74, 6) is -0.968. The minimum Gasteiger partial charge on any atom is -0.369 e. The lowest BCUT2D eigenvalue weighted by Crippen LogP contribution is -2.44. The number of benzene rings is 1. The molecule has 0 aliphatic carbocycles. The lowest BCUT2D eigenvalue weighted by Gasteiger charge is -2.34. The number of hydrogen-bond donors (Lipinski definition) is 1. The van der Waals surface area contributed by atoms with E-state index in [1.54, 1.807) is 4.90 Å². The van der Waals surface area contributed by atoms with Gasteiger partial charge in [-0.05, 0) is 44.2 Å². The normalized spacial score (nSPS) is 19.0. The van der Waals surface area contributed by atoms with Crippen molar-refractivity contribution in [1.29, 1.82) is 0 Å². The number of likely N-dealkylation sites (tertiary alicyclic amines) is 1. The molecule has 2 fully saturated rings. The number of hydrogen-bond acceptors (Lipinski definition) is 4. The highest BCUT2D eigenvalue weighted by atomic mass is 16.2. The minimum absolute atomic E-state index is 0.425. The summed E-state index contributed by atoms with van der Waals surface area (Å²) in [5, 5.41) is 2.70. The Morgan fingerprint density at radius 3 is 2.13 bits per heavy atom. The molecule has 6 heteroatoms.